The lowest BCUT2D eigenvalue weighted by Crippen LogP contribution is -2.35. The minimum Gasteiger partial charge on any atom is -0.449 e. The fraction of sp³-hybridized carbons (Fsp3) is 0.286. The van der Waals surface area contributed by atoms with Gasteiger partial charge in [0.2, 0.25) is 0 Å². The van der Waals surface area contributed by atoms with Crippen LogP contribution in [0.2, 0.25) is 0 Å². The first kappa shape index (κ1) is 22.1. The molecule has 1 atom stereocenters. The molecule has 0 fully saturated rings. The van der Waals surface area contributed by atoms with E-state index in [-0.39, 0.29) is 11.3 Å². The van der Waals surface area contributed by atoms with Gasteiger partial charge in [-0.05, 0) is 37.1 Å². The van der Waals surface area contributed by atoms with Crippen molar-refractivity contribution in [3.05, 3.63) is 70.8 Å². The molecular weight excluding hydrogens is 392 g/mol. The molecule has 29 heavy (non-hydrogen) atoms. The van der Waals surface area contributed by atoms with E-state index in [2.05, 4.69) is 5.32 Å². The molecule has 0 saturated carbocycles. The van der Waals surface area contributed by atoms with Gasteiger partial charge in [-0.1, -0.05) is 42.0 Å². The van der Waals surface area contributed by atoms with E-state index in [1.54, 1.807) is 6.07 Å². The average molecular weight is 414 g/mol. The van der Waals surface area contributed by atoms with E-state index in [0.29, 0.717) is 12.1 Å². The van der Waals surface area contributed by atoms with Crippen molar-refractivity contribution >= 4 is 21.7 Å². The van der Waals surface area contributed by atoms with E-state index in [1.807, 2.05) is 31.2 Å². The number of hydrogen-bond acceptors (Lipinski definition) is 6. The zero-order valence-corrected chi connectivity index (χ0v) is 17.0. The Bertz CT molecular complexity index is 1010. The Morgan fingerprint density at radius 3 is 2.24 bits per heavy atom. The number of sulfone groups is 1. The third-order valence-electron chi connectivity index (χ3n) is 4.10. The molecule has 1 N–H and O–H groups in total. The molecule has 0 bridgehead atoms. The first-order chi connectivity index (χ1) is 13.7. The lowest BCUT2D eigenvalue weighted by atomic mass is 10.1. The summed E-state index contributed by atoms with van der Waals surface area (Å²) in [4.78, 5) is 24.3. The van der Waals surface area contributed by atoms with Crippen molar-refractivity contribution in [3.8, 4) is 6.07 Å². The molecule has 8 heteroatoms. The summed E-state index contributed by atoms with van der Waals surface area (Å²) in [6, 6.07) is 15.1. The highest BCUT2D eigenvalue weighted by atomic mass is 32.2. The van der Waals surface area contributed by atoms with Gasteiger partial charge in [0, 0.05) is 6.54 Å². The normalized spacial score (nSPS) is 11.9. The van der Waals surface area contributed by atoms with Gasteiger partial charge in [-0.3, -0.25) is 4.79 Å². The molecule has 152 valence electrons. The molecule has 0 aliphatic rings. The van der Waals surface area contributed by atoms with Crippen LogP contribution < -0.4 is 5.32 Å². The Morgan fingerprint density at radius 2 is 1.66 bits per heavy atom. The number of aryl methyl sites for hydroxylation is 1. The minimum atomic E-state index is -3.51. The van der Waals surface area contributed by atoms with Crippen LogP contribution >= 0.6 is 0 Å². The number of rotatable bonds is 8. The zero-order valence-electron chi connectivity index (χ0n) is 16.2. The number of nitriles is 1. The smallest absolute Gasteiger partial charge is 0.338 e. The molecule has 7 nitrogen and oxygen atoms in total. The van der Waals surface area contributed by atoms with Gasteiger partial charge in [0.25, 0.3) is 5.91 Å². The fourth-order valence-corrected chi connectivity index (χ4v) is 3.46. The monoisotopic (exact) mass is 414 g/mol. The number of carbonyl (C=O) groups is 2. The Hall–Kier alpha value is -3.18. The van der Waals surface area contributed by atoms with Crippen LogP contribution in [0.3, 0.4) is 0 Å². The lowest BCUT2D eigenvalue weighted by molar-refractivity contribution is -0.129. The van der Waals surface area contributed by atoms with Gasteiger partial charge in [0.1, 0.15) is 5.75 Å². The highest BCUT2D eigenvalue weighted by Gasteiger charge is 2.19. The van der Waals surface area contributed by atoms with Gasteiger partial charge >= 0.3 is 5.97 Å². The molecule has 2 rings (SSSR count). The molecule has 2 aromatic carbocycles. The Kier molecular flexibility index (Phi) is 7.51. The maximum Gasteiger partial charge on any atom is 0.338 e. The van der Waals surface area contributed by atoms with Crippen molar-refractivity contribution < 1.29 is 22.7 Å². The maximum atomic E-state index is 12.2. The van der Waals surface area contributed by atoms with Crippen molar-refractivity contribution in [3.63, 3.8) is 0 Å². The molecule has 1 amide bonds. The largest absolute Gasteiger partial charge is 0.449 e. The van der Waals surface area contributed by atoms with E-state index in [9.17, 15) is 18.0 Å². The standard InChI is InChI=1S/C21H22N2O5S/c1-15-3-5-17(6-4-15)13-23-20(24)16(2)28-21(25)19-9-7-18(8-10-19)14-29(26,27)12-11-22/h3-10,16H,12-14H2,1-2H3,(H,23,24)/t16-/m1/s1. The Labute approximate surface area is 170 Å². The summed E-state index contributed by atoms with van der Waals surface area (Å²) in [7, 11) is -3.51. The van der Waals surface area contributed by atoms with Gasteiger partial charge in [0.15, 0.2) is 15.9 Å². The van der Waals surface area contributed by atoms with Crippen molar-refractivity contribution in [2.45, 2.75) is 32.2 Å². The first-order valence-electron chi connectivity index (χ1n) is 8.91. The Balaban J connectivity index is 1.89. The van der Waals surface area contributed by atoms with Crippen molar-refractivity contribution in [2.75, 3.05) is 5.75 Å². The van der Waals surface area contributed by atoms with Crippen LogP contribution in [0.1, 0.15) is 34.0 Å². The van der Waals surface area contributed by atoms with Gasteiger partial charge in [0.05, 0.1) is 17.4 Å². The quantitative estimate of drug-likeness (QED) is 0.663. The third kappa shape index (κ3) is 7.05. The SMILES string of the molecule is Cc1ccc(CNC(=O)[C@@H](C)OC(=O)c2ccc(CS(=O)(=O)CC#N)cc2)cc1. The summed E-state index contributed by atoms with van der Waals surface area (Å²) >= 11 is 0. The van der Waals surface area contributed by atoms with Gasteiger partial charge < -0.3 is 10.1 Å². The highest BCUT2D eigenvalue weighted by molar-refractivity contribution is 7.90. The van der Waals surface area contributed by atoms with Gasteiger partial charge in [-0.2, -0.15) is 5.26 Å². The average Bonchev–Trinajstić information content (AvgIpc) is 2.67. The molecule has 0 heterocycles. The van der Waals surface area contributed by atoms with E-state index < -0.39 is 33.6 Å². The molecule has 0 unspecified atom stereocenters. The number of nitrogens with zero attached hydrogens (tertiary/aromatic N) is 1. The second-order valence-electron chi connectivity index (χ2n) is 6.64. The van der Waals surface area contributed by atoms with Crippen LogP contribution in [0.5, 0.6) is 0 Å². The van der Waals surface area contributed by atoms with Crippen LogP contribution in [-0.4, -0.2) is 32.2 Å². The molecule has 0 saturated heterocycles. The lowest BCUT2D eigenvalue weighted by Gasteiger charge is -2.14. The Morgan fingerprint density at radius 1 is 1.07 bits per heavy atom. The van der Waals surface area contributed by atoms with Gasteiger partial charge in [-0.25, -0.2) is 13.2 Å². The molecule has 0 aromatic heterocycles. The van der Waals surface area contributed by atoms with Crippen LogP contribution in [0.25, 0.3) is 0 Å². The summed E-state index contributed by atoms with van der Waals surface area (Å²) in [5.41, 5.74) is 2.71. The van der Waals surface area contributed by atoms with Crippen LogP contribution in [0, 0.1) is 18.3 Å². The number of amides is 1. The number of carbonyl (C=O) groups excluding carboxylic acids is 2. The van der Waals surface area contributed by atoms with Crippen molar-refractivity contribution in [1.82, 2.24) is 5.32 Å². The molecule has 0 aliphatic heterocycles. The minimum absolute atomic E-state index is 0.199. The number of hydrogen-bond donors (Lipinski definition) is 1. The van der Waals surface area contributed by atoms with E-state index in [4.69, 9.17) is 10.00 Å². The van der Waals surface area contributed by atoms with Crippen LogP contribution in [-0.2, 0) is 31.7 Å². The number of nitrogens with one attached hydrogen (secondary N) is 1. The zero-order chi connectivity index (χ0) is 21.4. The van der Waals surface area contributed by atoms with Crippen molar-refractivity contribution in [2.24, 2.45) is 0 Å². The molecule has 0 spiro atoms. The molecular formula is C21H22N2O5S. The number of benzene rings is 2. The summed E-state index contributed by atoms with van der Waals surface area (Å²) in [6.45, 7) is 3.78. The summed E-state index contributed by atoms with van der Waals surface area (Å²) in [5.74, 6) is -1.95. The van der Waals surface area contributed by atoms with E-state index >= 15 is 0 Å². The molecule has 2 aromatic rings. The molecule has 0 aliphatic carbocycles. The van der Waals surface area contributed by atoms with Gasteiger partial charge in [-0.15, -0.1) is 0 Å². The number of esters is 1. The van der Waals surface area contributed by atoms with Crippen LogP contribution in [0.15, 0.2) is 48.5 Å². The summed E-state index contributed by atoms with van der Waals surface area (Å²) in [5, 5.41) is 11.2. The highest BCUT2D eigenvalue weighted by Crippen LogP contribution is 2.11. The second kappa shape index (κ2) is 9.85. The van der Waals surface area contributed by atoms with E-state index in [0.717, 1.165) is 11.1 Å². The summed E-state index contributed by atoms with van der Waals surface area (Å²) in [6.07, 6.45) is -0.983. The maximum absolute atomic E-state index is 12.2. The third-order valence-corrected chi connectivity index (χ3v) is 5.44. The second-order valence-corrected chi connectivity index (χ2v) is 8.70. The number of ether oxygens (including phenoxy) is 1. The topological polar surface area (TPSA) is 113 Å². The summed E-state index contributed by atoms with van der Waals surface area (Å²) < 4.78 is 28.5. The predicted molar refractivity (Wildman–Crippen MR) is 107 cm³/mol. The fourth-order valence-electron chi connectivity index (χ4n) is 2.46. The first-order valence-corrected chi connectivity index (χ1v) is 10.7. The molecule has 0 radical (unpaired) electrons. The van der Waals surface area contributed by atoms with E-state index in [1.165, 1.54) is 31.2 Å². The van der Waals surface area contributed by atoms with Crippen molar-refractivity contribution in [1.29, 1.82) is 5.26 Å². The van der Waals surface area contributed by atoms with Crippen LogP contribution in [0.4, 0.5) is 0 Å². The predicted octanol–water partition coefficient (Wildman–Crippen LogP) is 2.30.